The lowest BCUT2D eigenvalue weighted by molar-refractivity contribution is 0.469. The van der Waals surface area contributed by atoms with E-state index in [1.165, 1.54) is 0 Å². The van der Waals surface area contributed by atoms with Crippen molar-refractivity contribution in [3.63, 3.8) is 0 Å². The third-order valence-electron chi connectivity index (χ3n) is 1.65. The first kappa shape index (κ1) is 10.6. The third kappa shape index (κ3) is 6.05. The minimum Gasteiger partial charge on any atom is -0.314 e. The largest absolute Gasteiger partial charge is 0.314 e. The molecule has 0 aliphatic carbocycles. The molecule has 0 aliphatic rings. The summed E-state index contributed by atoms with van der Waals surface area (Å²) < 4.78 is 13.1. The maximum atomic E-state index is 13.1. The predicted octanol–water partition coefficient (Wildman–Crippen LogP) is 3.10. The maximum absolute atomic E-state index is 13.1. The maximum Gasteiger partial charge on any atom is 0.241 e. The van der Waals surface area contributed by atoms with Crippen molar-refractivity contribution in [1.82, 2.24) is 0 Å². The number of nitrogens with zero attached hydrogens (tertiary/aromatic N) is 1. The van der Waals surface area contributed by atoms with E-state index in [1.807, 2.05) is 13.8 Å². The van der Waals surface area contributed by atoms with Crippen LogP contribution in [0, 0.1) is 16.7 Å². The standard InChI is InChI=1S/C8H16FNSi/c1-8(2,7-10)5-6-11(3,4)9/h5-6H2,1-4H3. The summed E-state index contributed by atoms with van der Waals surface area (Å²) in [6, 6.07) is 2.76. The number of hydrogen-bond donors (Lipinski definition) is 0. The smallest absolute Gasteiger partial charge is 0.241 e. The van der Waals surface area contributed by atoms with E-state index < -0.39 is 8.41 Å². The van der Waals surface area contributed by atoms with Crippen LogP contribution in [0.1, 0.15) is 20.3 Å². The number of nitriles is 1. The van der Waals surface area contributed by atoms with Crippen LogP contribution in [0.25, 0.3) is 0 Å². The zero-order valence-electron chi connectivity index (χ0n) is 7.74. The van der Waals surface area contributed by atoms with Crippen molar-refractivity contribution in [2.24, 2.45) is 5.41 Å². The van der Waals surface area contributed by atoms with E-state index >= 15 is 0 Å². The second-order valence-corrected chi connectivity index (χ2v) is 8.15. The van der Waals surface area contributed by atoms with Gasteiger partial charge in [0.15, 0.2) is 0 Å². The molecule has 0 aromatic heterocycles. The van der Waals surface area contributed by atoms with Crippen LogP contribution in [-0.4, -0.2) is 8.41 Å². The van der Waals surface area contributed by atoms with E-state index in [0.29, 0.717) is 12.5 Å². The summed E-state index contributed by atoms with van der Waals surface area (Å²) in [5.41, 5.74) is -0.351. The molecule has 1 nitrogen and oxygen atoms in total. The third-order valence-corrected chi connectivity index (χ3v) is 3.09. The van der Waals surface area contributed by atoms with Gasteiger partial charge in [0.05, 0.1) is 11.5 Å². The van der Waals surface area contributed by atoms with Crippen LogP contribution < -0.4 is 0 Å². The van der Waals surface area contributed by atoms with Gasteiger partial charge in [-0.1, -0.05) is 0 Å². The molecule has 0 unspecified atom stereocenters. The molecule has 0 spiro atoms. The monoisotopic (exact) mass is 173 g/mol. The lowest BCUT2D eigenvalue weighted by Crippen LogP contribution is -2.21. The second kappa shape index (κ2) is 3.36. The topological polar surface area (TPSA) is 23.8 Å². The molecule has 0 rings (SSSR count). The predicted molar refractivity (Wildman–Crippen MR) is 47.4 cm³/mol. The molecule has 0 aliphatic heterocycles. The number of rotatable bonds is 3. The van der Waals surface area contributed by atoms with Crippen LogP contribution in [0.5, 0.6) is 0 Å². The van der Waals surface area contributed by atoms with Crippen molar-refractivity contribution in [2.75, 3.05) is 0 Å². The molecule has 0 saturated heterocycles. The Bertz CT molecular complexity index is 164. The summed E-state index contributed by atoms with van der Waals surface area (Å²) in [6.07, 6.45) is 0.680. The fourth-order valence-corrected chi connectivity index (χ4v) is 1.89. The van der Waals surface area contributed by atoms with Gasteiger partial charge in [-0.25, -0.2) is 0 Å². The van der Waals surface area contributed by atoms with E-state index in [9.17, 15) is 4.11 Å². The summed E-state index contributed by atoms with van der Waals surface area (Å²) >= 11 is 0. The van der Waals surface area contributed by atoms with Crippen LogP contribution >= 0.6 is 0 Å². The van der Waals surface area contributed by atoms with Crippen molar-refractivity contribution >= 4 is 8.41 Å². The van der Waals surface area contributed by atoms with Gasteiger partial charge in [0, 0.05) is 0 Å². The highest BCUT2D eigenvalue weighted by atomic mass is 28.4. The first-order valence-electron chi connectivity index (χ1n) is 3.87. The van der Waals surface area contributed by atoms with E-state index in [1.54, 1.807) is 13.1 Å². The first-order chi connectivity index (χ1) is 4.77. The summed E-state index contributed by atoms with van der Waals surface area (Å²) in [4.78, 5) is 0. The van der Waals surface area contributed by atoms with Gasteiger partial charge in [-0.15, -0.1) is 0 Å². The summed E-state index contributed by atoms with van der Waals surface area (Å²) in [6.45, 7) is 7.07. The van der Waals surface area contributed by atoms with Crippen molar-refractivity contribution < 1.29 is 4.11 Å². The Hall–Kier alpha value is -0.363. The molecular formula is C8H16FNSi. The Labute approximate surface area is 69.4 Å². The van der Waals surface area contributed by atoms with Crippen LogP contribution in [-0.2, 0) is 0 Å². The summed E-state index contributed by atoms with van der Waals surface area (Å²) in [5.74, 6) is 0. The van der Waals surface area contributed by atoms with Crippen molar-refractivity contribution in [1.29, 1.82) is 5.26 Å². The van der Waals surface area contributed by atoms with Crippen molar-refractivity contribution in [3.8, 4) is 6.07 Å². The lowest BCUT2D eigenvalue weighted by Gasteiger charge is -2.18. The molecule has 0 aromatic rings. The fourth-order valence-electron chi connectivity index (χ4n) is 0.666. The number of hydrogen-bond acceptors (Lipinski definition) is 1. The second-order valence-electron chi connectivity index (χ2n) is 4.21. The zero-order chi connectivity index (χ0) is 9.12. The van der Waals surface area contributed by atoms with Crippen molar-refractivity contribution in [2.45, 2.75) is 39.4 Å². The van der Waals surface area contributed by atoms with E-state index in [4.69, 9.17) is 5.26 Å². The van der Waals surface area contributed by atoms with Crippen molar-refractivity contribution in [3.05, 3.63) is 0 Å². The highest BCUT2D eigenvalue weighted by molar-refractivity contribution is 6.70. The Balaban J connectivity index is 3.83. The van der Waals surface area contributed by atoms with Gasteiger partial charge in [-0.05, 0) is 39.4 Å². The van der Waals surface area contributed by atoms with Crippen LogP contribution in [0.4, 0.5) is 4.11 Å². The molecule has 0 saturated carbocycles. The molecule has 0 aromatic carbocycles. The molecule has 0 fully saturated rings. The van der Waals surface area contributed by atoms with Gasteiger partial charge in [-0.3, -0.25) is 0 Å². The Morgan fingerprint density at radius 3 is 2.18 bits per heavy atom. The van der Waals surface area contributed by atoms with Crippen LogP contribution in [0.3, 0.4) is 0 Å². The van der Waals surface area contributed by atoms with Gasteiger partial charge >= 0.3 is 0 Å². The molecule has 0 atom stereocenters. The van der Waals surface area contributed by atoms with Gasteiger partial charge in [0.1, 0.15) is 0 Å². The van der Waals surface area contributed by atoms with Gasteiger partial charge in [-0.2, -0.15) is 5.26 Å². The van der Waals surface area contributed by atoms with Crippen LogP contribution in [0.15, 0.2) is 0 Å². The molecule has 3 heteroatoms. The Morgan fingerprint density at radius 1 is 1.45 bits per heavy atom. The highest BCUT2D eigenvalue weighted by Crippen LogP contribution is 2.25. The average molecular weight is 173 g/mol. The van der Waals surface area contributed by atoms with Gasteiger partial charge < -0.3 is 4.11 Å². The SMILES string of the molecule is CC(C)(C#N)CC[Si](C)(C)F. The molecule has 0 heterocycles. The quantitative estimate of drug-likeness (QED) is 0.475. The molecule has 0 bridgehead atoms. The average Bonchev–Trinajstić information content (AvgIpc) is 1.83. The fraction of sp³-hybridized carbons (Fsp3) is 0.875. The molecular weight excluding hydrogens is 157 g/mol. The minimum atomic E-state index is -2.43. The first-order valence-corrected chi connectivity index (χ1v) is 6.95. The molecule has 64 valence electrons. The Morgan fingerprint density at radius 2 is 1.91 bits per heavy atom. The van der Waals surface area contributed by atoms with Gasteiger partial charge in [0.25, 0.3) is 0 Å². The van der Waals surface area contributed by atoms with Crippen LogP contribution in [0.2, 0.25) is 19.1 Å². The molecule has 0 radical (unpaired) electrons. The van der Waals surface area contributed by atoms with E-state index in [0.717, 1.165) is 0 Å². The number of halogens is 1. The Kier molecular flexibility index (Phi) is 3.24. The normalized spacial score (nSPS) is 12.7. The summed E-state index contributed by atoms with van der Waals surface area (Å²) in [7, 11) is -2.43. The highest BCUT2D eigenvalue weighted by Gasteiger charge is 2.25. The molecule has 0 amide bonds. The molecule has 11 heavy (non-hydrogen) atoms. The minimum absolute atomic E-state index is 0.351. The van der Waals surface area contributed by atoms with E-state index in [2.05, 4.69) is 6.07 Å². The van der Waals surface area contributed by atoms with E-state index in [-0.39, 0.29) is 5.41 Å². The lowest BCUT2D eigenvalue weighted by atomic mass is 9.93. The zero-order valence-corrected chi connectivity index (χ0v) is 8.74. The van der Waals surface area contributed by atoms with Gasteiger partial charge in [0.2, 0.25) is 8.41 Å². The molecule has 0 N–H and O–H groups in total. The summed E-state index contributed by atoms with van der Waals surface area (Å²) in [5, 5.41) is 8.63.